The van der Waals surface area contributed by atoms with E-state index in [1.807, 2.05) is 12.1 Å². The summed E-state index contributed by atoms with van der Waals surface area (Å²) in [7, 11) is 0. The molecule has 1 aromatic rings. The Hall–Kier alpha value is -1.51. The van der Waals surface area contributed by atoms with Crippen LogP contribution in [0.4, 0.5) is 10.1 Å². The fourth-order valence-corrected chi connectivity index (χ4v) is 2.73. The first-order valence-corrected chi connectivity index (χ1v) is 6.34. The summed E-state index contributed by atoms with van der Waals surface area (Å²) in [4.78, 5) is 4.64. The van der Waals surface area contributed by atoms with Crippen molar-refractivity contribution in [1.82, 2.24) is 4.90 Å². The van der Waals surface area contributed by atoms with Gasteiger partial charge in [0, 0.05) is 31.0 Å². The molecule has 0 N–H and O–H groups in total. The van der Waals surface area contributed by atoms with Gasteiger partial charge in [-0.05, 0) is 45.0 Å². The van der Waals surface area contributed by atoms with Crippen LogP contribution >= 0.6 is 0 Å². The van der Waals surface area contributed by atoms with Gasteiger partial charge in [0.1, 0.15) is 5.82 Å². The van der Waals surface area contributed by atoms with E-state index in [1.54, 1.807) is 0 Å². The minimum atomic E-state index is -0.182. The van der Waals surface area contributed by atoms with Crippen molar-refractivity contribution in [3.8, 4) is 0 Å². The molecule has 98 valence electrons. The van der Waals surface area contributed by atoms with Crippen LogP contribution in [-0.4, -0.2) is 30.1 Å². The third-order valence-electron chi connectivity index (χ3n) is 3.55. The zero-order valence-electron chi connectivity index (χ0n) is 11.4. The van der Waals surface area contributed by atoms with Crippen molar-refractivity contribution in [2.45, 2.75) is 26.3 Å². The van der Waals surface area contributed by atoms with Crippen LogP contribution in [0.1, 0.15) is 20.8 Å². The lowest BCUT2D eigenvalue weighted by Crippen LogP contribution is -2.58. The predicted molar refractivity (Wildman–Crippen MR) is 74.2 cm³/mol. The molecule has 0 spiro atoms. The molecular weight excluding hydrogens is 227 g/mol. The Bertz CT molecular complexity index is 436. The fourth-order valence-electron chi connectivity index (χ4n) is 2.73. The van der Waals surface area contributed by atoms with Crippen molar-refractivity contribution in [2.75, 3.05) is 24.5 Å². The third kappa shape index (κ3) is 2.50. The van der Waals surface area contributed by atoms with E-state index in [0.29, 0.717) is 0 Å². The summed E-state index contributed by atoms with van der Waals surface area (Å²) >= 11 is 0. The molecule has 1 aliphatic rings. The lowest BCUT2D eigenvalue weighted by molar-refractivity contribution is 0.148. The Morgan fingerprint density at radius 3 is 2.33 bits per heavy atom. The second kappa shape index (κ2) is 4.63. The van der Waals surface area contributed by atoms with Crippen LogP contribution in [0, 0.1) is 5.82 Å². The topological polar surface area (TPSA) is 6.48 Å². The number of benzene rings is 1. The molecular formula is C15H21FN2. The van der Waals surface area contributed by atoms with E-state index in [0.717, 1.165) is 31.0 Å². The summed E-state index contributed by atoms with van der Waals surface area (Å²) in [5, 5.41) is 0. The van der Waals surface area contributed by atoms with Crippen molar-refractivity contribution >= 4 is 5.69 Å². The molecule has 2 rings (SSSR count). The lowest BCUT2D eigenvalue weighted by Gasteiger charge is -2.49. The van der Waals surface area contributed by atoms with Gasteiger partial charge < -0.3 is 9.80 Å². The molecule has 0 unspecified atom stereocenters. The second-order valence-electron chi connectivity index (χ2n) is 5.60. The van der Waals surface area contributed by atoms with E-state index in [2.05, 4.69) is 37.1 Å². The van der Waals surface area contributed by atoms with Gasteiger partial charge >= 0.3 is 0 Å². The standard InChI is InChI=1S/C15H21FN2/c1-12(2)18-10-9-17(11-15(18,3)4)14-7-5-13(16)6-8-14/h5-8H,1,9-11H2,2-4H3. The summed E-state index contributed by atoms with van der Waals surface area (Å²) in [6, 6.07) is 6.74. The zero-order valence-corrected chi connectivity index (χ0v) is 11.4. The molecule has 1 aromatic carbocycles. The molecule has 1 fully saturated rings. The zero-order chi connectivity index (χ0) is 13.3. The van der Waals surface area contributed by atoms with Crippen LogP contribution in [-0.2, 0) is 0 Å². The average Bonchev–Trinajstić information content (AvgIpc) is 2.28. The number of hydrogen-bond donors (Lipinski definition) is 0. The number of halogens is 1. The summed E-state index contributed by atoms with van der Waals surface area (Å²) < 4.78 is 12.9. The molecule has 1 aliphatic heterocycles. The summed E-state index contributed by atoms with van der Waals surface area (Å²) in [5.41, 5.74) is 2.25. The van der Waals surface area contributed by atoms with Gasteiger partial charge in [-0.3, -0.25) is 0 Å². The Kier molecular flexibility index (Phi) is 3.33. The maximum atomic E-state index is 12.9. The van der Waals surface area contributed by atoms with Crippen LogP contribution in [0.15, 0.2) is 36.5 Å². The monoisotopic (exact) mass is 248 g/mol. The van der Waals surface area contributed by atoms with E-state index in [9.17, 15) is 4.39 Å². The van der Waals surface area contributed by atoms with Crippen molar-refractivity contribution in [3.63, 3.8) is 0 Å². The number of anilines is 1. The highest BCUT2D eigenvalue weighted by Gasteiger charge is 2.33. The van der Waals surface area contributed by atoms with E-state index in [1.165, 1.54) is 12.1 Å². The first-order chi connectivity index (χ1) is 8.40. The van der Waals surface area contributed by atoms with Crippen LogP contribution in [0.25, 0.3) is 0 Å². The van der Waals surface area contributed by atoms with Crippen molar-refractivity contribution in [1.29, 1.82) is 0 Å². The molecule has 0 amide bonds. The van der Waals surface area contributed by atoms with Crippen molar-refractivity contribution < 1.29 is 4.39 Å². The van der Waals surface area contributed by atoms with Gasteiger partial charge in [0.25, 0.3) is 0 Å². The van der Waals surface area contributed by atoms with Crippen molar-refractivity contribution in [3.05, 3.63) is 42.4 Å². The highest BCUT2D eigenvalue weighted by atomic mass is 19.1. The quantitative estimate of drug-likeness (QED) is 0.792. The Labute approximate surface area is 109 Å². The minimum Gasteiger partial charge on any atom is -0.367 e. The van der Waals surface area contributed by atoms with Crippen LogP contribution in [0.5, 0.6) is 0 Å². The van der Waals surface area contributed by atoms with Gasteiger partial charge in [0.15, 0.2) is 0 Å². The molecule has 18 heavy (non-hydrogen) atoms. The molecule has 0 atom stereocenters. The minimum absolute atomic E-state index is 0.0540. The lowest BCUT2D eigenvalue weighted by atomic mass is 9.97. The van der Waals surface area contributed by atoms with Gasteiger partial charge in [-0.1, -0.05) is 6.58 Å². The van der Waals surface area contributed by atoms with Gasteiger partial charge in [0.05, 0.1) is 5.54 Å². The molecule has 0 aromatic heterocycles. The number of nitrogens with zero attached hydrogens (tertiary/aromatic N) is 2. The third-order valence-corrected chi connectivity index (χ3v) is 3.55. The Morgan fingerprint density at radius 2 is 1.83 bits per heavy atom. The molecule has 0 aliphatic carbocycles. The van der Waals surface area contributed by atoms with Crippen LogP contribution in [0.2, 0.25) is 0 Å². The highest BCUT2D eigenvalue weighted by molar-refractivity contribution is 5.47. The summed E-state index contributed by atoms with van der Waals surface area (Å²) in [5.74, 6) is -0.182. The normalized spacial score (nSPS) is 18.9. The van der Waals surface area contributed by atoms with Crippen LogP contribution in [0.3, 0.4) is 0 Å². The van der Waals surface area contributed by atoms with Gasteiger partial charge in [-0.25, -0.2) is 4.39 Å². The van der Waals surface area contributed by atoms with E-state index in [-0.39, 0.29) is 11.4 Å². The molecule has 3 heteroatoms. The van der Waals surface area contributed by atoms with E-state index >= 15 is 0 Å². The van der Waals surface area contributed by atoms with E-state index < -0.39 is 0 Å². The number of piperazine rings is 1. The average molecular weight is 248 g/mol. The van der Waals surface area contributed by atoms with E-state index in [4.69, 9.17) is 0 Å². The molecule has 1 heterocycles. The molecule has 2 nitrogen and oxygen atoms in total. The highest BCUT2D eigenvalue weighted by Crippen LogP contribution is 2.27. The number of hydrogen-bond acceptors (Lipinski definition) is 2. The number of rotatable bonds is 2. The van der Waals surface area contributed by atoms with Gasteiger partial charge in [-0.15, -0.1) is 0 Å². The number of allylic oxidation sites excluding steroid dienone is 1. The maximum absolute atomic E-state index is 12.9. The predicted octanol–water partition coefficient (Wildman–Crippen LogP) is 3.26. The van der Waals surface area contributed by atoms with Crippen LogP contribution < -0.4 is 4.90 Å². The Balaban J connectivity index is 2.15. The maximum Gasteiger partial charge on any atom is 0.123 e. The molecule has 0 saturated carbocycles. The summed E-state index contributed by atoms with van der Waals surface area (Å²) in [6.45, 7) is 13.4. The molecule has 0 bridgehead atoms. The first kappa shape index (κ1) is 12.9. The smallest absolute Gasteiger partial charge is 0.123 e. The van der Waals surface area contributed by atoms with Gasteiger partial charge in [0.2, 0.25) is 0 Å². The molecule has 0 radical (unpaired) electrons. The Morgan fingerprint density at radius 1 is 1.22 bits per heavy atom. The largest absolute Gasteiger partial charge is 0.367 e. The fraction of sp³-hybridized carbons (Fsp3) is 0.467. The molecule has 1 saturated heterocycles. The van der Waals surface area contributed by atoms with Crippen molar-refractivity contribution in [2.24, 2.45) is 0 Å². The second-order valence-corrected chi connectivity index (χ2v) is 5.60. The SMILES string of the molecule is C=C(C)N1CCN(c2ccc(F)cc2)CC1(C)C. The first-order valence-electron chi connectivity index (χ1n) is 6.34. The van der Waals surface area contributed by atoms with Gasteiger partial charge in [-0.2, -0.15) is 0 Å². The summed E-state index contributed by atoms with van der Waals surface area (Å²) in [6.07, 6.45) is 0.